The van der Waals surface area contributed by atoms with Crippen molar-refractivity contribution in [3.8, 4) is 11.5 Å². The minimum absolute atomic E-state index is 0.0546. The van der Waals surface area contributed by atoms with Gasteiger partial charge in [0, 0.05) is 27.0 Å². The van der Waals surface area contributed by atoms with Crippen LogP contribution < -0.4 is 19.7 Å². The highest BCUT2D eigenvalue weighted by atomic mass is 79.9. The largest absolute Gasteiger partial charge is 0.497 e. The van der Waals surface area contributed by atoms with E-state index in [0.717, 1.165) is 21.6 Å². The monoisotopic (exact) mass is 475 g/mol. The molecule has 1 aliphatic rings. The second-order valence-electron chi connectivity index (χ2n) is 6.20. The Morgan fingerprint density at radius 3 is 2.68 bits per heavy atom. The SMILES string of the molecule is COc1ccc(N2C(=S)N[C@H](c3ccccn3)[C@@H]2c2cc(Br)cs2)c(OC)c1. The number of nitrogens with zero attached hydrogens (tertiary/aromatic N) is 2. The number of aromatic nitrogens is 1. The van der Waals surface area contributed by atoms with Gasteiger partial charge in [-0.3, -0.25) is 4.98 Å². The maximum Gasteiger partial charge on any atom is 0.174 e. The van der Waals surface area contributed by atoms with Gasteiger partial charge in [0.1, 0.15) is 11.5 Å². The molecule has 1 saturated heterocycles. The number of hydrogen-bond donors (Lipinski definition) is 1. The molecule has 3 heterocycles. The second-order valence-corrected chi connectivity index (χ2v) is 8.45. The Hall–Kier alpha value is -2.16. The summed E-state index contributed by atoms with van der Waals surface area (Å²) in [7, 11) is 3.29. The Bertz CT molecular complexity index is 996. The predicted molar refractivity (Wildman–Crippen MR) is 119 cm³/mol. The third-order valence-electron chi connectivity index (χ3n) is 4.62. The third kappa shape index (κ3) is 3.47. The quantitative estimate of drug-likeness (QED) is 0.517. The zero-order valence-electron chi connectivity index (χ0n) is 15.3. The van der Waals surface area contributed by atoms with Gasteiger partial charge in [-0.15, -0.1) is 11.3 Å². The fourth-order valence-electron chi connectivity index (χ4n) is 3.37. The van der Waals surface area contributed by atoms with Gasteiger partial charge in [0.05, 0.1) is 37.7 Å². The summed E-state index contributed by atoms with van der Waals surface area (Å²) in [5.41, 5.74) is 1.82. The summed E-state index contributed by atoms with van der Waals surface area (Å²) in [5, 5.41) is 6.17. The average molecular weight is 476 g/mol. The Balaban J connectivity index is 1.84. The van der Waals surface area contributed by atoms with E-state index in [4.69, 9.17) is 21.7 Å². The van der Waals surface area contributed by atoms with Gasteiger partial charge in [-0.25, -0.2) is 0 Å². The Morgan fingerprint density at radius 2 is 2.04 bits per heavy atom. The molecule has 1 aromatic carbocycles. The zero-order valence-corrected chi connectivity index (χ0v) is 18.5. The standard InChI is InChI=1S/C20H18BrN3O2S2/c1-25-13-6-7-15(16(10-13)26-2)24-19(17-9-12(21)11-28-17)18(23-20(24)27)14-5-3-4-8-22-14/h3-11,18-19H,1-2H3,(H,23,27)/t18-,19+/m1/s1. The number of rotatable bonds is 5. The molecule has 1 fully saturated rings. The molecular weight excluding hydrogens is 458 g/mol. The van der Waals surface area contributed by atoms with Crippen molar-refractivity contribution >= 4 is 50.3 Å². The van der Waals surface area contributed by atoms with Crippen molar-refractivity contribution in [1.82, 2.24) is 10.3 Å². The number of anilines is 1. The molecule has 0 aliphatic carbocycles. The van der Waals surface area contributed by atoms with E-state index >= 15 is 0 Å². The van der Waals surface area contributed by atoms with Gasteiger partial charge in [-0.05, 0) is 58.5 Å². The summed E-state index contributed by atoms with van der Waals surface area (Å²) >= 11 is 11.0. The van der Waals surface area contributed by atoms with E-state index in [-0.39, 0.29) is 12.1 Å². The molecule has 5 nitrogen and oxygen atoms in total. The second kappa shape index (κ2) is 8.06. The van der Waals surface area contributed by atoms with E-state index in [1.807, 2.05) is 36.4 Å². The van der Waals surface area contributed by atoms with Crippen LogP contribution in [0.2, 0.25) is 0 Å². The summed E-state index contributed by atoms with van der Waals surface area (Å²) < 4.78 is 12.0. The Morgan fingerprint density at radius 1 is 1.18 bits per heavy atom. The van der Waals surface area contributed by atoms with Gasteiger partial charge in [0.15, 0.2) is 5.11 Å². The van der Waals surface area contributed by atoms with Crippen LogP contribution >= 0.6 is 39.5 Å². The van der Waals surface area contributed by atoms with Crippen molar-refractivity contribution < 1.29 is 9.47 Å². The lowest BCUT2D eigenvalue weighted by atomic mass is 10.0. The van der Waals surface area contributed by atoms with Gasteiger partial charge in [0.2, 0.25) is 0 Å². The van der Waals surface area contributed by atoms with Crippen LogP contribution in [0.25, 0.3) is 0 Å². The third-order valence-corrected chi connectivity index (χ3v) is 6.70. The fraction of sp³-hybridized carbons (Fsp3) is 0.200. The number of thiocarbonyl (C=S) groups is 1. The summed E-state index contributed by atoms with van der Waals surface area (Å²) in [5.74, 6) is 1.43. The molecule has 8 heteroatoms. The van der Waals surface area contributed by atoms with Crippen LogP contribution in [0.3, 0.4) is 0 Å². The minimum atomic E-state index is -0.0777. The average Bonchev–Trinajstić information content (AvgIpc) is 3.30. The van der Waals surface area contributed by atoms with Crippen LogP contribution in [-0.4, -0.2) is 24.3 Å². The normalized spacial score (nSPS) is 18.8. The molecule has 28 heavy (non-hydrogen) atoms. The summed E-state index contributed by atoms with van der Waals surface area (Å²) in [6.45, 7) is 0. The molecular formula is C20H18BrN3O2S2. The van der Waals surface area contributed by atoms with Gasteiger partial charge >= 0.3 is 0 Å². The number of methoxy groups -OCH3 is 2. The Kier molecular flexibility index (Phi) is 5.52. The highest BCUT2D eigenvalue weighted by molar-refractivity contribution is 9.10. The van der Waals surface area contributed by atoms with Gasteiger partial charge in [-0.2, -0.15) is 0 Å². The van der Waals surface area contributed by atoms with Crippen LogP contribution in [0.15, 0.2) is 58.5 Å². The Labute approximate surface area is 181 Å². The van der Waals surface area contributed by atoms with E-state index in [9.17, 15) is 0 Å². The highest BCUT2D eigenvalue weighted by Gasteiger charge is 2.42. The lowest BCUT2D eigenvalue weighted by Crippen LogP contribution is -2.29. The molecule has 0 radical (unpaired) electrons. The van der Waals surface area contributed by atoms with Crippen molar-refractivity contribution in [1.29, 1.82) is 0 Å². The van der Waals surface area contributed by atoms with Crippen molar-refractivity contribution in [3.63, 3.8) is 0 Å². The summed E-state index contributed by atoms with van der Waals surface area (Å²) in [4.78, 5) is 7.84. The topological polar surface area (TPSA) is 46.6 Å². The number of ether oxygens (including phenoxy) is 2. The van der Waals surface area contributed by atoms with E-state index in [2.05, 4.69) is 42.6 Å². The van der Waals surface area contributed by atoms with Crippen LogP contribution in [0, 0.1) is 0 Å². The molecule has 0 amide bonds. The molecule has 1 aliphatic heterocycles. The van der Waals surface area contributed by atoms with Gasteiger partial charge < -0.3 is 19.7 Å². The van der Waals surface area contributed by atoms with E-state index < -0.39 is 0 Å². The maximum absolute atomic E-state index is 5.75. The van der Waals surface area contributed by atoms with Crippen LogP contribution in [0.1, 0.15) is 22.7 Å². The van der Waals surface area contributed by atoms with E-state index in [0.29, 0.717) is 10.9 Å². The zero-order chi connectivity index (χ0) is 19.7. The first-order valence-corrected chi connectivity index (χ1v) is 10.7. The first-order valence-electron chi connectivity index (χ1n) is 8.59. The minimum Gasteiger partial charge on any atom is -0.497 e. The molecule has 0 unspecified atom stereocenters. The highest BCUT2D eigenvalue weighted by Crippen LogP contribution is 2.47. The van der Waals surface area contributed by atoms with Crippen molar-refractivity contribution in [3.05, 3.63) is 69.1 Å². The number of halogens is 1. The molecule has 3 aromatic rings. The number of thiophene rings is 1. The lowest BCUT2D eigenvalue weighted by molar-refractivity contribution is 0.394. The van der Waals surface area contributed by atoms with Crippen molar-refractivity contribution in [2.45, 2.75) is 12.1 Å². The number of pyridine rings is 1. The predicted octanol–water partition coefficient (Wildman–Crippen LogP) is 5.10. The van der Waals surface area contributed by atoms with Crippen molar-refractivity contribution in [2.75, 3.05) is 19.1 Å². The summed E-state index contributed by atoms with van der Waals surface area (Å²) in [6.07, 6.45) is 1.80. The lowest BCUT2D eigenvalue weighted by Gasteiger charge is -2.28. The molecule has 144 valence electrons. The van der Waals surface area contributed by atoms with E-state index in [1.54, 1.807) is 31.8 Å². The maximum atomic E-state index is 5.75. The van der Waals surface area contributed by atoms with E-state index in [1.165, 1.54) is 4.88 Å². The van der Waals surface area contributed by atoms with Gasteiger partial charge in [0.25, 0.3) is 0 Å². The number of nitrogens with one attached hydrogen (secondary N) is 1. The van der Waals surface area contributed by atoms with Gasteiger partial charge in [-0.1, -0.05) is 6.07 Å². The number of hydrogen-bond acceptors (Lipinski definition) is 5. The molecule has 1 N–H and O–H groups in total. The molecule has 2 atom stereocenters. The molecule has 4 rings (SSSR count). The fourth-order valence-corrected chi connectivity index (χ4v) is 5.28. The molecule has 0 saturated carbocycles. The first-order chi connectivity index (χ1) is 13.6. The van der Waals surface area contributed by atoms with Crippen molar-refractivity contribution in [2.24, 2.45) is 0 Å². The van der Waals surface area contributed by atoms with Crippen LogP contribution in [-0.2, 0) is 0 Å². The first kappa shape index (κ1) is 19.2. The molecule has 0 bridgehead atoms. The molecule has 2 aromatic heterocycles. The smallest absolute Gasteiger partial charge is 0.174 e. The van der Waals surface area contributed by atoms with Crippen LogP contribution in [0.4, 0.5) is 5.69 Å². The molecule has 0 spiro atoms. The number of benzene rings is 1. The van der Waals surface area contributed by atoms with Crippen LogP contribution in [0.5, 0.6) is 11.5 Å². The summed E-state index contributed by atoms with van der Waals surface area (Å²) in [6, 6.07) is 13.7.